The summed E-state index contributed by atoms with van der Waals surface area (Å²) in [4.78, 5) is 4.41. The van der Waals surface area contributed by atoms with Gasteiger partial charge in [0.15, 0.2) is 5.75 Å². The highest BCUT2D eigenvalue weighted by Gasteiger charge is 2.10. The molecule has 2 aromatic rings. The Labute approximate surface area is 119 Å². The number of hydrogen-bond donors (Lipinski definition) is 0. The van der Waals surface area contributed by atoms with Crippen molar-refractivity contribution >= 4 is 0 Å². The third kappa shape index (κ3) is 3.10. The van der Waals surface area contributed by atoms with E-state index < -0.39 is 0 Å². The minimum Gasteiger partial charge on any atom is -0.496 e. The molecule has 0 atom stereocenters. The predicted molar refractivity (Wildman–Crippen MR) is 77.1 cm³/mol. The van der Waals surface area contributed by atoms with Gasteiger partial charge in [0.2, 0.25) is 0 Å². The zero-order valence-electron chi connectivity index (χ0n) is 12.5. The van der Waals surface area contributed by atoms with E-state index in [9.17, 15) is 0 Å². The van der Waals surface area contributed by atoms with Gasteiger partial charge in [0.25, 0.3) is 0 Å². The van der Waals surface area contributed by atoms with Crippen molar-refractivity contribution in [2.75, 3.05) is 7.11 Å². The number of rotatable bonds is 6. The zero-order chi connectivity index (χ0) is 14.5. The van der Waals surface area contributed by atoms with Crippen LogP contribution in [0.1, 0.15) is 30.2 Å². The lowest BCUT2D eigenvalue weighted by atomic mass is 10.1. The molecular weight excluding hydrogens is 254 g/mol. The second kappa shape index (κ2) is 6.41. The second-order valence-electron chi connectivity index (χ2n) is 4.77. The van der Waals surface area contributed by atoms with Crippen LogP contribution in [-0.2, 0) is 13.2 Å². The molecule has 2 rings (SSSR count). The number of hydrogen-bond acceptors (Lipinski definition) is 4. The first-order chi connectivity index (χ1) is 9.65. The van der Waals surface area contributed by atoms with Gasteiger partial charge in [-0.1, -0.05) is 6.92 Å². The molecule has 0 aliphatic carbocycles. The van der Waals surface area contributed by atoms with Crippen LogP contribution in [0.2, 0.25) is 0 Å². The second-order valence-corrected chi connectivity index (χ2v) is 4.77. The Morgan fingerprint density at radius 3 is 2.75 bits per heavy atom. The van der Waals surface area contributed by atoms with Crippen molar-refractivity contribution < 1.29 is 9.47 Å². The van der Waals surface area contributed by atoms with Gasteiger partial charge in [-0.2, -0.15) is 5.10 Å². The number of aromatic nitrogens is 3. The molecular formula is C15H21N3O2. The maximum absolute atomic E-state index is 5.74. The van der Waals surface area contributed by atoms with Crippen LogP contribution in [0.4, 0.5) is 0 Å². The lowest BCUT2D eigenvalue weighted by Gasteiger charge is -2.12. The van der Waals surface area contributed by atoms with E-state index in [1.807, 2.05) is 30.9 Å². The fourth-order valence-corrected chi connectivity index (χ4v) is 2.14. The van der Waals surface area contributed by atoms with Crippen molar-refractivity contribution in [3.8, 4) is 11.5 Å². The summed E-state index contributed by atoms with van der Waals surface area (Å²) in [5.74, 6) is 1.64. The summed E-state index contributed by atoms with van der Waals surface area (Å²) in [7, 11) is 1.68. The molecule has 0 bridgehead atoms. The molecule has 0 saturated heterocycles. The lowest BCUT2D eigenvalue weighted by Crippen LogP contribution is -2.03. The van der Waals surface area contributed by atoms with E-state index in [1.54, 1.807) is 13.3 Å². The summed E-state index contributed by atoms with van der Waals surface area (Å²) in [5, 5.41) is 4.24. The van der Waals surface area contributed by atoms with E-state index in [0.717, 1.165) is 41.3 Å². The van der Waals surface area contributed by atoms with Crippen LogP contribution >= 0.6 is 0 Å². The normalized spacial score (nSPS) is 10.6. The van der Waals surface area contributed by atoms with Crippen molar-refractivity contribution in [3.05, 3.63) is 35.4 Å². The number of ether oxygens (including phenoxy) is 2. The minimum absolute atomic E-state index is 0.417. The molecule has 0 aliphatic heterocycles. The molecule has 0 spiro atoms. The highest BCUT2D eigenvalue weighted by Crippen LogP contribution is 2.24. The summed E-state index contributed by atoms with van der Waals surface area (Å²) >= 11 is 0. The summed E-state index contributed by atoms with van der Waals surface area (Å²) in [6, 6.07) is 0. The highest BCUT2D eigenvalue weighted by molar-refractivity contribution is 5.40. The maximum atomic E-state index is 5.74. The SMILES string of the molecule is CCCn1cc(OCc2ncc(C)c(OC)c2C)cn1. The monoisotopic (exact) mass is 275 g/mol. The van der Waals surface area contributed by atoms with Crippen molar-refractivity contribution in [1.29, 1.82) is 0 Å². The average molecular weight is 275 g/mol. The van der Waals surface area contributed by atoms with Crippen molar-refractivity contribution in [3.63, 3.8) is 0 Å². The van der Waals surface area contributed by atoms with Gasteiger partial charge in [0.05, 0.1) is 25.2 Å². The average Bonchev–Trinajstić information content (AvgIpc) is 2.87. The summed E-state index contributed by atoms with van der Waals surface area (Å²) in [5.41, 5.74) is 2.94. The van der Waals surface area contributed by atoms with Crippen molar-refractivity contribution in [2.45, 2.75) is 40.3 Å². The molecule has 0 unspecified atom stereocenters. The molecule has 2 heterocycles. The number of aryl methyl sites for hydroxylation is 2. The number of methoxy groups -OCH3 is 1. The predicted octanol–water partition coefficient (Wildman–Crippen LogP) is 2.89. The first kappa shape index (κ1) is 14.4. The van der Waals surface area contributed by atoms with Crippen LogP contribution in [0.5, 0.6) is 11.5 Å². The van der Waals surface area contributed by atoms with E-state index in [2.05, 4.69) is 17.0 Å². The quantitative estimate of drug-likeness (QED) is 0.813. The molecule has 108 valence electrons. The Bertz CT molecular complexity index is 578. The van der Waals surface area contributed by atoms with Crippen LogP contribution in [0.3, 0.4) is 0 Å². The molecule has 0 aliphatic rings. The summed E-state index contributed by atoms with van der Waals surface area (Å²) in [6.07, 6.45) is 6.50. The van der Waals surface area contributed by atoms with Crippen LogP contribution in [0.15, 0.2) is 18.6 Å². The lowest BCUT2D eigenvalue weighted by molar-refractivity contribution is 0.298. The van der Waals surface area contributed by atoms with Gasteiger partial charge in [-0.25, -0.2) is 0 Å². The summed E-state index contributed by atoms with van der Waals surface area (Å²) in [6.45, 7) is 7.42. The first-order valence-electron chi connectivity index (χ1n) is 6.80. The molecule has 0 N–H and O–H groups in total. The standard InChI is InChI=1S/C15H21N3O2/c1-5-6-18-9-13(8-17-18)20-10-14-12(3)15(19-4)11(2)7-16-14/h7-9H,5-6,10H2,1-4H3. The third-order valence-corrected chi connectivity index (χ3v) is 3.19. The molecule has 0 fully saturated rings. The van der Waals surface area contributed by atoms with Crippen molar-refractivity contribution in [1.82, 2.24) is 14.8 Å². The van der Waals surface area contributed by atoms with Crippen LogP contribution < -0.4 is 9.47 Å². The molecule has 0 aromatic carbocycles. The van der Waals surface area contributed by atoms with Crippen molar-refractivity contribution in [2.24, 2.45) is 0 Å². The van der Waals surface area contributed by atoms with Crippen LogP contribution in [0, 0.1) is 13.8 Å². The fourth-order valence-electron chi connectivity index (χ4n) is 2.14. The molecule has 0 radical (unpaired) electrons. The Balaban J connectivity index is 2.06. The van der Waals surface area contributed by atoms with E-state index in [4.69, 9.17) is 9.47 Å². The smallest absolute Gasteiger partial charge is 0.157 e. The largest absolute Gasteiger partial charge is 0.496 e. The van der Waals surface area contributed by atoms with E-state index in [0.29, 0.717) is 6.61 Å². The van der Waals surface area contributed by atoms with E-state index >= 15 is 0 Å². The number of nitrogens with zero attached hydrogens (tertiary/aromatic N) is 3. The van der Waals surface area contributed by atoms with Gasteiger partial charge in [0, 0.05) is 23.9 Å². The fraction of sp³-hybridized carbons (Fsp3) is 0.467. The van der Waals surface area contributed by atoms with Gasteiger partial charge < -0.3 is 9.47 Å². The molecule has 2 aromatic heterocycles. The van der Waals surface area contributed by atoms with Gasteiger partial charge in [-0.15, -0.1) is 0 Å². The van der Waals surface area contributed by atoms with Gasteiger partial charge in [-0.05, 0) is 20.3 Å². The number of pyridine rings is 1. The molecule has 5 nitrogen and oxygen atoms in total. The minimum atomic E-state index is 0.417. The topological polar surface area (TPSA) is 49.2 Å². The Morgan fingerprint density at radius 2 is 2.05 bits per heavy atom. The van der Waals surface area contributed by atoms with E-state index in [1.165, 1.54) is 0 Å². The maximum Gasteiger partial charge on any atom is 0.157 e. The van der Waals surface area contributed by atoms with Crippen LogP contribution in [0.25, 0.3) is 0 Å². The Kier molecular flexibility index (Phi) is 4.61. The molecule has 5 heteroatoms. The zero-order valence-corrected chi connectivity index (χ0v) is 12.5. The molecule has 0 amide bonds. The summed E-state index contributed by atoms with van der Waals surface area (Å²) < 4.78 is 13.0. The van der Waals surface area contributed by atoms with Gasteiger partial charge in [-0.3, -0.25) is 9.67 Å². The third-order valence-electron chi connectivity index (χ3n) is 3.19. The highest BCUT2D eigenvalue weighted by atomic mass is 16.5. The molecule has 0 saturated carbocycles. The van der Waals surface area contributed by atoms with Crippen LogP contribution in [-0.4, -0.2) is 21.9 Å². The molecule has 20 heavy (non-hydrogen) atoms. The van der Waals surface area contributed by atoms with E-state index in [-0.39, 0.29) is 0 Å². The van der Waals surface area contributed by atoms with Gasteiger partial charge in [0.1, 0.15) is 12.4 Å². The Hall–Kier alpha value is -2.04. The Morgan fingerprint density at radius 1 is 1.25 bits per heavy atom. The first-order valence-corrected chi connectivity index (χ1v) is 6.80. The van der Waals surface area contributed by atoms with Gasteiger partial charge >= 0.3 is 0 Å².